The Hall–Kier alpha value is -1.09. The van der Waals surface area contributed by atoms with Gasteiger partial charge in [0.05, 0.1) is 0 Å². The van der Waals surface area contributed by atoms with Gasteiger partial charge in [0.15, 0.2) is 5.78 Å². The highest BCUT2D eigenvalue weighted by atomic mass is 31.1. The molecule has 1 aromatic rings. The molecule has 0 radical (unpaired) electrons. The van der Waals surface area contributed by atoms with Crippen molar-refractivity contribution in [2.45, 2.75) is 25.4 Å². The van der Waals surface area contributed by atoms with E-state index < -0.39 is 13.7 Å². The zero-order chi connectivity index (χ0) is 13.5. The molecule has 0 amide bonds. The summed E-state index contributed by atoms with van der Waals surface area (Å²) >= 11 is 0. The van der Waals surface area contributed by atoms with Crippen molar-refractivity contribution in [2.75, 3.05) is 6.54 Å². The van der Waals surface area contributed by atoms with Gasteiger partial charge in [-0.05, 0) is 23.1 Å². The van der Waals surface area contributed by atoms with E-state index in [4.69, 9.17) is 5.73 Å². The highest BCUT2D eigenvalue weighted by Gasteiger charge is 2.40. The fourth-order valence-electron chi connectivity index (χ4n) is 1.85. The van der Waals surface area contributed by atoms with Gasteiger partial charge < -0.3 is 5.73 Å². The normalized spacial score (nSPS) is 14.9. The highest BCUT2D eigenvalue weighted by Crippen LogP contribution is 2.30. The number of aryl methyl sites for hydroxylation is 1. The van der Waals surface area contributed by atoms with Crippen LogP contribution in [0.15, 0.2) is 30.3 Å². The molecule has 0 heterocycles. The van der Waals surface area contributed by atoms with Gasteiger partial charge in [-0.3, -0.25) is 4.79 Å². The lowest BCUT2D eigenvalue weighted by Crippen LogP contribution is -2.30. The van der Waals surface area contributed by atoms with Crippen LogP contribution in [0, 0.1) is 5.92 Å². The first-order valence-electron chi connectivity index (χ1n) is 5.98. The average Bonchev–Trinajstić information content (AvgIpc) is 2.37. The predicted molar refractivity (Wildman–Crippen MR) is 71.6 cm³/mol. The first kappa shape index (κ1) is 15.0. The Kier molecular flexibility index (Phi) is 6.13. The van der Waals surface area contributed by atoms with E-state index in [1.54, 1.807) is 6.92 Å². The van der Waals surface area contributed by atoms with E-state index in [2.05, 4.69) is 0 Å². The van der Waals surface area contributed by atoms with Crippen LogP contribution in [0.5, 0.6) is 0 Å². The molecule has 0 aliphatic rings. The summed E-state index contributed by atoms with van der Waals surface area (Å²) in [6.07, 6.45) is 0.872. The minimum Gasteiger partial charge on any atom is -0.330 e. The van der Waals surface area contributed by atoms with Gasteiger partial charge in [0.1, 0.15) is 0 Å². The number of Topliss-reactive ketones (excluding diaryl/α,β-unsaturated/α-hetero) is 1. The summed E-state index contributed by atoms with van der Waals surface area (Å²) < 4.78 is 11.2. The van der Waals surface area contributed by atoms with Crippen molar-refractivity contribution in [3.8, 4) is 0 Å². The van der Waals surface area contributed by atoms with E-state index in [0.29, 0.717) is 6.42 Å². The maximum absolute atomic E-state index is 12.0. The van der Waals surface area contributed by atoms with Crippen molar-refractivity contribution in [3.63, 3.8) is 0 Å². The first-order valence-corrected chi connectivity index (χ1v) is 7.26. The topological polar surface area (TPSA) is 80.4 Å². The minimum atomic E-state index is -2.51. The maximum Gasteiger partial charge on any atom is 0.517 e. The lowest BCUT2D eigenvalue weighted by atomic mass is 9.99. The van der Waals surface area contributed by atoms with Crippen LogP contribution in [0.2, 0.25) is 0 Å². The molecule has 1 rings (SSSR count). The molecule has 0 saturated carbocycles. The van der Waals surface area contributed by atoms with Crippen molar-refractivity contribution >= 4 is 13.8 Å². The fourth-order valence-corrected chi connectivity index (χ4v) is 2.78. The second-order valence-corrected chi connectivity index (χ2v) is 5.57. The van der Waals surface area contributed by atoms with Gasteiger partial charge in [0.2, 0.25) is 5.66 Å². The summed E-state index contributed by atoms with van der Waals surface area (Å²) in [5, 5.41) is 0. The number of carbonyl (C=O) groups is 1. The van der Waals surface area contributed by atoms with E-state index in [9.17, 15) is 14.3 Å². The molecule has 0 aliphatic heterocycles. The highest BCUT2D eigenvalue weighted by molar-refractivity contribution is 7.40. The van der Waals surface area contributed by atoms with Crippen LogP contribution in [-0.2, 0) is 15.8 Å². The largest absolute Gasteiger partial charge is 0.517 e. The summed E-state index contributed by atoms with van der Waals surface area (Å²) in [5.41, 5.74) is 5.68. The van der Waals surface area contributed by atoms with Crippen LogP contribution in [0.25, 0.3) is 0 Å². The van der Waals surface area contributed by atoms with Crippen LogP contribution < -0.4 is 5.73 Å². The second-order valence-electron chi connectivity index (χ2n) is 4.41. The molecule has 0 fully saturated rings. The van der Waals surface area contributed by atoms with Gasteiger partial charge in [0.25, 0.3) is 0 Å². The molecular weight excluding hydrogens is 249 g/mol. The molecule has 0 bridgehead atoms. The molecule has 3 unspecified atom stereocenters. The maximum atomic E-state index is 12.0. The number of hydrogen-bond acceptors (Lipinski definition) is 3. The monoisotopic (exact) mass is 268 g/mol. The molecule has 3 atom stereocenters. The van der Waals surface area contributed by atoms with Gasteiger partial charge in [-0.25, -0.2) is 0 Å². The molecule has 98 valence electrons. The van der Waals surface area contributed by atoms with Gasteiger partial charge in [-0.2, -0.15) is 4.89 Å². The van der Waals surface area contributed by atoms with Crippen LogP contribution in [0.4, 0.5) is 0 Å². The molecule has 3 N–H and O–H groups in total. The molecular formula is C13H19NO3P+. The van der Waals surface area contributed by atoms with Gasteiger partial charge in [-0.1, -0.05) is 37.3 Å². The Morgan fingerprint density at radius 1 is 1.39 bits per heavy atom. The zero-order valence-electron chi connectivity index (χ0n) is 10.5. The van der Waals surface area contributed by atoms with Crippen LogP contribution in [0.3, 0.4) is 0 Å². The Balaban J connectivity index is 2.60. The number of nitrogens with two attached hydrogens (primary N) is 1. The molecule has 4 nitrogen and oxygen atoms in total. The van der Waals surface area contributed by atoms with Crippen LogP contribution >= 0.6 is 8.03 Å². The first-order chi connectivity index (χ1) is 8.56. The molecule has 0 aromatic heterocycles. The van der Waals surface area contributed by atoms with Crippen molar-refractivity contribution in [2.24, 2.45) is 11.7 Å². The van der Waals surface area contributed by atoms with Gasteiger partial charge in [0, 0.05) is 12.3 Å². The predicted octanol–water partition coefficient (Wildman–Crippen LogP) is 1.89. The molecule has 0 spiro atoms. The zero-order valence-corrected chi connectivity index (χ0v) is 11.3. The fraction of sp³-hybridized carbons (Fsp3) is 0.462. The third-order valence-corrected chi connectivity index (χ3v) is 4.25. The minimum absolute atomic E-state index is 0.180. The molecule has 0 saturated heterocycles. The number of benzene rings is 1. The average molecular weight is 268 g/mol. The van der Waals surface area contributed by atoms with Crippen molar-refractivity contribution in [3.05, 3.63) is 35.9 Å². The summed E-state index contributed by atoms with van der Waals surface area (Å²) in [4.78, 5) is 21.2. The standard InChI is InChI=1S/C13H18NO3P/c1-10(9-14)13(18(16)17)12(15)8-7-11-5-3-2-4-6-11/h2-6,10,13H,7-9,14H2,1H3/p+1. The van der Waals surface area contributed by atoms with Crippen molar-refractivity contribution in [1.29, 1.82) is 0 Å². The molecule has 0 aliphatic carbocycles. The van der Waals surface area contributed by atoms with E-state index in [1.165, 1.54) is 0 Å². The molecule has 18 heavy (non-hydrogen) atoms. The number of rotatable bonds is 7. The van der Waals surface area contributed by atoms with Gasteiger partial charge in [-0.15, -0.1) is 0 Å². The summed E-state index contributed by atoms with van der Waals surface area (Å²) in [6.45, 7) is 1.97. The van der Waals surface area contributed by atoms with Crippen molar-refractivity contribution in [1.82, 2.24) is 0 Å². The smallest absolute Gasteiger partial charge is 0.330 e. The van der Waals surface area contributed by atoms with Gasteiger partial charge >= 0.3 is 8.03 Å². The lowest BCUT2D eigenvalue weighted by Gasteiger charge is -2.10. The Morgan fingerprint density at radius 3 is 2.50 bits per heavy atom. The van der Waals surface area contributed by atoms with E-state index in [-0.39, 0.29) is 24.7 Å². The Morgan fingerprint density at radius 2 is 2.00 bits per heavy atom. The van der Waals surface area contributed by atoms with Crippen molar-refractivity contribution < 1.29 is 14.3 Å². The number of carbonyl (C=O) groups excluding carboxylic acids is 1. The Labute approximate surface area is 108 Å². The SMILES string of the molecule is CC(CN)C(C(=O)CCc1ccccc1)[P+](=O)O. The van der Waals surface area contributed by atoms with E-state index in [1.807, 2.05) is 30.3 Å². The summed E-state index contributed by atoms with van der Waals surface area (Å²) in [6, 6.07) is 9.61. The third-order valence-electron chi connectivity index (χ3n) is 2.98. The summed E-state index contributed by atoms with van der Waals surface area (Å²) in [5.74, 6) is -0.442. The molecule has 5 heteroatoms. The van der Waals surface area contributed by atoms with E-state index >= 15 is 0 Å². The van der Waals surface area contributed by atoms with E-state index in [0.717, 1.165) is 5.56 Å². The quantitative estimate of drug-likeness (QED) is 0.740. The Bertz CT molecular complexity index is 408. The number of hydrogen-bond donors (Lipinski definition) is 2. The third kappa shape index (κ3) is 4.30. The number of ketones is 1. The van der Waals surface area contributed by atoms with Crippen LogP contribution in [0.1, 0.15) is 18.9 Å². The summed E-state index contributed by atoms with van der Waals surface area (Å²) in [7, 11) is -2.51. The van der Waals surface area contributed by atoms with Crippen LogP contribution in [-0.4, -0.2) is 22.9 Å². The second kappa shape index (κ2) is 7.37. The lowest BCUT2D eigenvalue weighted by molar-refractivity contribution is -0.119. The molecule has 1 aromatic carbocycles.